The molecule has 0 heterocycles. The summed E-state index contributed by atoms with van der Waals surface area (Å²) in [4.78, 5) is 22.2. The average Bonchev–Trinajstić information content (AvgIpc) is 2.13. The van der Waals surface area contributed by atoms with E-state index in [4.69, 9.17) is 4.74 Å². The lowest BCUT2D eigenvalue weighted by atomic mass is 9.82. The zero-order valence-corrected chi connectivity index (χ0v) is 11.3. The van der Waals surface area contributed by atoms with E-state index in [1.807, 2.05) is 0 Å². The number of carbonyl (C=O) groups is 1. The van der Waals surface area contributed by atoms with E-state index in [0.29, 0.717) is 12.8 Å². The van der Waals surface area contributed by atoms with Gasteiger partial charge in [-0.15, -0.1) is 0 Å². The number of carbonyl (C=O) groups excluding carboxylic acids is 1. The molecule has 18 heavy (non-hydrogen) atoms. The van der Waals surface area contributed by atoms with Crippen molar-refractivity contribution in [3.63, 3.8) is 0 Å². The molecule has 1 aliphatic carbocycles. The molecule has 6 nitrogen and oxygen atoms in total. The summed E-state index contributed by atoms with van der Waals surface area (Å²) < 4.78 is 5.17. The van der Waals surface area contributed by atoms with Gasteiger partial charge in [0.25, 0.3) is 0 Å². The maximum Gasteiger partial charge on any atom is 0.408 e. The van der Waals surface area contributed by atoms with E-state index in [2.05, 4.69) is 5.32 Å². The molecule has 0 unspecified atom stereocenters. The van der Waals surface area contributed by atoms with Gasteiger partial charge in [-0.05, 0) is 33.6 Å². The SMILES string of the molecule is CC(C)(C)OC(=O)NC1(C[N+](=O)[O-])CCCCC1. The Balaban J connectivity index is 2.66. The predicted molar refractivity (Wildman–Crippen MR) is 67.0 cm³/mol. The Morgan fingerprint density at radius 3 is 2.33 bits per heavy atom. The van der Waals surface area contributed by atoms with E-state index in [1.54, 1.807) is 20.8 Å². The van der Waals surface area contributed by atoms with Gasteiger partial charge in [0, 0.05) is 4.92 Å². The van der Waals surface area contributed by atoms with Gasteiger partial charge in [0.05, 0.1) is 0 Å². The van der Waals surface area contributed by atoms with E-state index in [1.165, 1.54) is 0 Å². The predicted octanol–water partition coefficient (Wildman–Crippen LogP) is 2.49. The molecule has 0 spiro atoms. The molecular formula is C12H22N2O4. The molecule has 0 saturated heterocycles. The molecule has 0 bridgehead atoms. The normalized spacial score (nSPS) is 19.1. The molecule has 0 aromatic carbocycles. The van der Waals surface area contributed by atoms with Crippen molar-refractivity contribution < 1.29 is 14.5 Å². The Kier molecular flexibility index (Phi) is 4.53. The molecule has 1 aliphatic rings. The Hall–Kier alpha value is -1.33. The fraction of sp³-hybridized carbons (Fsp3) is 0.917. The third-order valence-corrected chi connectivity index (χ3v) is 3.01. The van der Waals surface area contributed by atoms with Gasteiger partial charge in [0.15, 0.2) is 0 Å². The Morgan fingerprint density at radius 1 is 1.33 bits per heavy atom. The third kappa shape index (κ3) is 4.89. The Bertz CT molecular complexity index is 317. The summed E-state index contributed by atoms with van der Waals surface area (Å²) in [6, 6.07) is 0. The van der Waals surface area contributed by atoms with Crippen molar-refractivity contribution >= 4 is 6.09 Å². The van der Waals surface area contributed by atoms with Crippen LogP contribution in [0.5, 0.6) is 0 Å². The van der Waals surface area contributed by atoms with Crippen molar-refractivity contribution in [1.29, 1.82) is 0 Å². The van der Waals surface area contributed by atoms with Crippen LogP contribution in [0.15, 0.2) is 0 Å². The second-order valence-corrected chi connectivity index (χ2v) is 5.96. The number of nitro groups is 1. The van der Waals surface area contributed by atoms with E-state index in [9.17, 15) is 14.9 Å². The van der Waals surface area contributed by atoms with Crippen molar-refractivity contribution in [3.8, 4) is 0 Å². The lowest BCUT2D eigenvalue weighted by Gasteiger charge is -2.35. The molecule has 1 fully saturated rings. The molecule has 0 atom stereocenters. The van der Waals surface area contributed by atoms with Crippen molar-refractivity contribution in [2.45, 2.75) is 64.0 Å². The highest BCUT2D eigenvalue weighted by atomic mass is 16.6. The average molecular weight is 258 g/mol. The lowest BCUT2D eigenvalue weighted by molar-refractivity contribution is -0.491. The minimum absolute atomic E-state index is 0.230. The van der Waals surface area contributed by atoms with Crippen LogP contribution in [0.25, 0.3) is 0 Å². The first kappa shape index (κ1) is 14.7. The standard InChI is InChI=1S/C12H22N2O4/c1-11(2,3)18-10(15)13-12(9-14(16)17)7-5-4-6-8-12/h4-9H2,1-3H3,(H,13,15). The second-order valence-electron chi connectivity index (χ2n) is 5.96. The zero-order valence-electron chi connectivity index (χ0n) is 11.3. The van der Waals surface area contributed by atoms with Crippen molar-refractivity contribution in [2.24, 2.45) is 0 Å². The fourth-order valence-corrected chi connectivity index (χ4v) is 2.32. The number of alkyl carbamates (subject to hydrolysis) is 1. The largest absolute Gasteiger partial charge is 0.444 e. The number of rotatable bonds is 3. The maximum absolute atomic E-state index is 11.8. The van der Waals surface area contributed by atoms with Gasteiger partial charge < -0.3 is 10.1 Å². The molecular weight excluding hydrogens is 236 g/mol. The van der Waals surface area contributed by atoms with Gasteiger partial charge in [-0.3, -0.25) is 10.1 Å². The highest BCUT2D eigenvalue weighted by Crippen LogP contribution is 2.28. The summed E-state index contributed by atoms with van der Waals surface area (Å²) in [5, 5.41) is 13.5. The van der Waals surface area contributed by atoms with Crippen LogP contribution in [0.2, 0.25) is 0 Å². The lowest BCUT2D eigenvalue weighted by Crippen LogP contribution is -2.55. The first-order valence-electron chi connectivity index (χ1n) is 6.35. The second kappa shape index (κ2) is 5.54. The van der Waals surface area contributed by atoms with Crippen LogP contribution in [-0.4, -0.2) is 28.7 Å². The topological polar surface area (TPSA) is 81.5 Å². The summed E-state index contributed by atoms with van der Waals surface area (Å²) in [6.07, 6.45) is 3.61. The number of nitrogens with zero attached hydrogens (tertiary/aromatic N) is 1. The molecule has 1 rings (SSSR count). The number of amides is 1. The van der Waals surface area contributed by atoms with E-state index < -0.39 is 17.2 Å². The van der Waals surface area contributed by atoms with Crippen LogP contribution in [-0.2, 0) is 4.74 Å². The molecule has 0 radical (unpaired) electrons. The Morgan fingerprint density at radius 2 is 1.89 bits per heavy atom. The number of hydrogen-bond donors (Lipinski definition) is 1. The third-order valence-electron chi connectivity index (χ3n) is 3.01. The zero-order chi connectivity index (χ0) is 13.8. The molecule has 1 amide bonds. The number of hydrogen-bond acceptors (Lipinski definition) is 4. The van der Waals surface area contributed by atoms with E-state index >= 15 is 0 Å². The van der Waals surface area contributed by atoms with Crippen LogP contribution >= 0.6 is 0 Å². The van der Waals surface area contributed by atoms with Gasteiger partial charge in [0.1, 0.15) is 11.1 Å². The fourth-order valence-electron chi connectivity index (χ4n) is 2.32. The van der Waals surface area contributed by atoms with Crippen LogP contribution in [0.1, 0.15) is 52.9 Å². The summed E-state index contributed by atoms with van der Waals surface area (Å²) in [5.74, 6) is 0. The van der Waals surface area contributed by atoms with Gasteiger partial charge >= 0.3 is 6.09 Å². The summed E-state index contributed by atoms with van der Waals surface area (Å²) in [6.45, 7) is 5.08. The van der Waals surface area contributed by atoms with Crippen molar-refractivity contribution in [3.05, 3.63) is 10.1 Å². The quantitative estimate of drug-likeness (QED) is 0.623. The highest BCUT2D eigenvalue weighted by Gasteiger charge is 2.39. The van der Waals surface area contributed by atoms with Gasteiger partial charge in [0.2, 0.25) is 6.54 Å². The van der Waals surface area contributed by atoms with Gasteiger partial charge in [-0.25, -0.2) is 4.79 Å². The minimum atomic E-state index is -0.732. The van der Waals surface area contributed by atoms with Crippen LogP contribution in [0.4, 0.5) is 4.79 Å². The first-order chi connectivity index (χ1) is 8.22. The number of ether oxygens (including phenoxy) is 1. The molecule has 1 N–H and O–H groups in total. The van der Waals surface area contributed by atoms with Gasteiger partial charge in [-0.2, -0.15) is 0 Å². The molecule has 0 aromatic rings. The van der Waals surface area contributed by atoms with E-state index in [-0.39, 0.29) is 11.5 Å². The number of nitrogens with one attached hydrogen (secondary N) is 1. The van der Waals surface area contributed by atoms with Crippen molar-refractivity contribution in [2.75, 3.05) is 6.54 Å². The maximum atomic E-state index is 11.8. The monoisotopic (exact) mass is 258 g/mol. The summed E-state index contributed by atoms with van der Waals surface area (Å²) in [7, 11) is 0. The van der Waals surface area contributed by atoms with Gasteiger partial charge in [-0.1, -0.05) is 19.3 Å². The summed E-state index contributed by atoms with van der Waals surface area (Å²) >= 11 is 0. The minimum Gasteiger partial charge on any atom is -0.444 e. The molecule has 0 aliphatic heterocycles. The van der Waals surface area contributed by atoms with E-state index in [0.717, 1.165) is 19.3 Å². The highest BCUT2D eigenvalue weighted by molar-refractivity contribution is 5.68. The molecule has 6 heteroatoms. The molecule has 1 saturated carbocycles. The van der Waals surface area contributed by atoms with Crippen LogP contribution < -0.4 is 5.32 Å². The van der Waals surface area contributed by atoms with Crippen LogP contribution in [0.3, 0.4) is 0 Å². The Labute approximate surface area is 107 Å². The smallest absolute Gasteiger partial charge is 0.408 e. The van der Waals surface area contributed by atoms with Crippen molar-refractivity contribution in [1.82, 2.24) is 5.32 Å². The summed E-state index contributed by atoms with van der Waals surface area (Å²) in [5.41, 5.74) is -1.32. The molecule has 104 valence electrons. The van der Waals surface area contributed by atoms with Crippen LogP contribution in [0, 0.1) is 10.1 Å². The molecule has 0 aromatic heterocycles. The first-order valence-corrected chi connectivity index (χ1v) is 6.35.